The number of hydrogen-bond donors (Lipinski definition) is 2. The van der Waals surface area contributed by atoms with Crippen LogP contribution in [0.1, 0.15) is 23.5 Å². The van der Waals surface area contributed by atoms with E-state index >= 15 is 0 Å². The molecule has 0 bridgehead atoms. The Balaban J connectivity index is 1.79. The second-order valence-electron chi connectivity index (χ2n) is 8.20. The number of carbonyl (C=O) groups excluding carboxylic acids is 1. The van der Waals surface area contributed by atoms with Crippen molar-refractivity contribution in [1.29, 1.82) is 0 Å². The van der Waals surface area contributed by atoms with Gasteiger partial charge in [0.2, 0.25) is 11.2 Å². The molecule has 1 unspecified atom stereocenters. The molecular weight excluding hydrogens is 468 g/mol. The van der Waals surface area contributed by atoms with E-state index < -0.39 is 17.3 Å². The molecule has 1 atom stereocenters. The van der Waals surface area contributed by atoms with Crippen LogP contribution in [0.15, 0.2) is 57.9 Å². The van der Waals surface area contributed by atoms with Crippen molar-refractivity contribution >= 4 is 16.9 Å². The zero-order valence-electron chi connectivity index (χ0n) is 19.7. The van der Waals surface area contributed by atoms with E-state index in [1.54, 1.807) is 36.4 Å². The lowest BCUT2D eigenvalue weighted by Crippen LogP contribution is -2.22. The van der Waals surface area contributed by atoms with E-state index in [4.69, 9.17) is 23.4 Å². The Labute approximate surface area is 205 Å². The Morgan fingerprint density at radius 3 is 2.22 bits per heavy atom. The van der Waals surface area contributed by atoms with Crippen molar-refractivity contribution in [2.45, 2.75) is 12.3 Å². The number of rotatable bonds is 5. The van der Waals surface area contributed by atoms with Gasteiger partial charge in [-0.2, -0.15) is 0 Å². The van der Waals surface area contributed by atoms with Crippen molar-refractivity contribution in [3.05, 3.63) is 70.1 Å². The molecule has 9 nitrogen and oxygen atoms in total. The highest BCUT2D eigenvalue weighted by molar-refractivity contribution is 5.94. The first-order chi connectivity index (χ1) is 17.4. The summed E-state index contributed by atoms with van der Waals surface area (Å²) in [5, 5.41) is 21.1. The first-order valence-electron chi connectivity index (χ1n) is 11.0. The van der Waals surface area contributed by atoms with E-state index in [1.807, 2.05) is 0 Å². The van der Waals surface area contributed by atoms with Gasteiger partial charge in [-0.15, -0.1) is 0 Å². The molecule has 2 N–H and O–H groups in total. The first-order valence-corrected chi connectivity index (χ1v) is 11.0. The number of para-hydroxylation sites is 1. The van der Waals surface area contributed by atoms with E-state index in [1.165, 1.54) is 33.7 Å². The smallest absolute Gasteiger partial charge is 0.312 e. The standard InChI is InChI=1S/C27H22O9/c1-32-18-7-5-4-6-14(18)16-12-35-27-23-15(13-8-20(33-2)26(31)21(9-13)34-3)10-22(29)36-19(23)11-17(28)24(27)25(16)30/h4-9,11-12,15,28,31H,10H2,1-3H3. The molecule has 1 aromatic heterocycles. The van der Waals surface area contributed by atoms with E-state index in [-0.39, 0.29) is 51.7 Å². The number of ether oxygens (including phenoxy) is 4. The van der Waals surface area contributed by atoms with Gasteiger partial charge in [0, 0.05) is 23.1 Å². The minimum Gasteiger partial charge on any atom is -0.507 e. The summed E-state index contributed by atoms with van der Waals surface area (Å²) in [5.74, 6) is -0.925. The van der Waals surface area contributed by atoms with E-state index in [0.717, 1.165) is 0 Å². The van der Waals surface area contributed by atoms with Crippen LogP contribution in [0.2, 0.25) is 0 Å². The third-order valence-corrected chi connectivity index (χ3v) is 6.27. The molecule has 36 heavy (non-hydrogen) atoms. The molecule has 4 aromatic rings. The van der Waals surface area contributed by atoms with Crippen molar-refractivity contribution in [2.24, 2.45) is 0 Å². The van der Waals surface area contributed by atoms with Crippen LogP contribution in [0.3, 0.4) is 0 Å². The molecule has 3 aromatic carbocycles. The van der Waals surface area contributed by atoms with Gasteiger partial charge in [-0.3, -0.25) is 9.59 Å². The highest BCUT2D eigenvalue weighted by Crippen LogP contribution is 2.48. The number of benzene rings is 3. The maximum absolute atomic E-state index is 13.6. The summed E-state index contributed by atoms with van der Waals surface area (Å²) in [5.41, 5.74) is 1.27. The zero-order valence-corrected chi connectivity index (χ0v) is 19.7. The molecule has 5 rings (SSSR count). The Hall–Kier alpha value is -4.66. The number of hydrogen-bond acceptors (Lipinski definition) is 9. The van der Waals surface area contributed by atoms with Gasteiger partial charge in [-0.05, 0) is 23.8 Å². The number of fused-ring (bicyclic) bond motifs is 3. The Kier molecular flexibility index (Phi) is 5.68. The molecule has 1 aliphatic rings. The van der Waals surface area contributed by atoms with Crippen LogP contribution >= 0.6 is 0 Å². The molecule has 0 aliphatic carbocycles. The van der Waals surface area contributed by atoms with Gasteiger partial charge in [0.05, 0.1) is 33.3 Å². The van der Waals surface area contributed by atoms with Gasteiger partial charge in [0.15, 0.2) is 11.5 Å². The monoisotopic (exact) mass is 490 g/mol. The summed E-state index contributed by atoms with van der Waals surface area (Å²) >= 11 is 0. The average molecular weight is 490 g/mol. The fourth-order valence-electron chi connectivity index (χ4n) is 4.58. The molecule has 0 fully saturated rings. The Bertz CT molecular complexity index is 1540. The Morgan fingerprint density at radius 2 is 1.56 bits per heavy atom. The van der Waals surface area contributed by atoms with Crippen LogP contribution in [0, 0.1) is 0 Å². The van der Waals surface area contributed by atoms with Crippen LogP contribution in [-0.4, -0.2) is 37.5 Å². The number of methoxy groups -OCH3 is 3. The van der Waals surface area contributed by atoms with Gasteiger partial charge in [0.1, 0.15) is 34.5 Å². The van der Waals surface area contributed by atoms with Gasteiger partial charge >= 0.3 is 5.97 Å². The highest BCUT2D eigenvalue weighted by Gasteiger charge is 2.34. The quantitative estimate of drug-likeness (QED) is 0.310. The van der Waals surface area contributed by atoms with Gasteiger partial charge in [0.25, 0.3) is 0 Å². The third kappa shape index (κ3) is 3.56. The lowest BCUT2D eigenvalue weighted by molar-refractivity contribution is -0.135. The second kappa shape index (κ2) is 8.84. The van der Waals surface area contributed by atoms with Gasteiger partial charge in [-0.1, -0.05) is 18.2 Å². The Morgan fingerprint density at radius 1 is 0.889 bits per heavy atom. The van der Waals surface area contributed by atoms with Gasteiger partial charge < -0.3 is 33.6 Å². The summed E-state index contributed by atoms with van der Waals surface area (Å²) in [4.78, 5) is 26.1. The lowest BCUT2D eigenvalue weighted by atomic mass is 9.84. The van der Waals surface area contributed by atoms with Gasteiger partial charge in [-0.25, -0.2) is 0 Å². The molecule has 0 saturated heterocycles. The average Bonchev–Trinajstić information content (AvgIpc) is 2.88. The molecule has 0 amide bonds. The summed E-state index contributed by atoms with van der Waals surface area (Å²) in [7, 11) is 4.29. The normalized spacial score (nSPS) is 14.8. The van der Waals surface area contributed by atoms with Crippen LogP contribution in [-0.2, 0) is 4.79 Å². The molecule has 0 radical (unpaired) electrons. The summed E-state index contributed by atoms with van der Waals surface area (Å²) in [6.45, 7) is 0. The van der Waals surface area contributed by atoms with Crippen molar-refractivity contribution in [3.63, 3.8) is 0 Å². The first kappa shape index (κ1) is 23.1. The van der Waals surface area contributed by atoms with Crippen LogP contribution in [0.25, 0.3) is 22.1 Å². The minimum absolute atomic E-state index is 0.0576. The summed E-state index contributed by atoms with van der Waals surface area (Å²) in [6.07, 6.45) is 1.22. The molecule has 0 saturated carbocycles. The van der Waals surface area contributed by atoms with Crippen molar-refractivity contribution in [2.75, 3.05) is 21.3 Å². The molecule has 2 heterocycles. The topological polar surface area (TPSA) is 125 Å². The summed E-state index contributed by atoms with van der Waals surface area (Å²) in [6, 6.07) is 11.3. The molecule has 9 heteroatoms. The molecule has 0 spiro atoms. The van der Waals surface area contributed by atoms with Crippen molar-refractivity contribution < 1.29 is 38.4 Å². The predicted octanol–water partition coefficient (Wildman–Crippen LogP) is 4.34. The maximum atomic E-state index is 13.6. The number of esters is 1. The summed E-state index contributed by atoms with van der Waals surface area (Å²) < 4.78 is 27.3. The van der Waals surface area contributed by atoms with E-state index in [0.29, 0.717) is 22.4 Å². The maximum Gasteiger partial charge on any atom is 0.312 e. The fraction of sp³-hybridized carbons (Fsp3) is 0.185. The number of phenols is 2. The lowest BCUT2D eigenvalue weighted by Gasteiger charge is -2.26. The SMILES string of the molecule is COc1ccccc1-c1coc2c3c(cc(O)c2c1=O)OC(=O)CC3c1cc(OC)c(O)c(OC)c1. The fourth-order valence-corrected chi connectivity index (χ4v) is 4.58. The number of phenolic OH excluding ortho intramolecular Hbond substituents is 2. The third-order valence-electron chi connectivity index (χ3n) is 6.27. The molecular formula is C27H22O9. The highest BCUT2D eigenvalue weighted by atomic mass is 16.5. The van der Waals surface area contributed by atoms with Crippen LogP contribution in [0.4, 0.5) is 0 Å². The predicted molar refractivity (Wildman–Crippen MR) is 129 cm³/mol. The largest absolute Gasteiger partial charge is 0.507 e. The van der Waals surface area contributed by atoms with Crippen LogP contribution < -0.4 is 24.4 Å². The van der Waals surface area contributed by atoms with E-state index in [2.05, 4.69) is 0 Å². The van der Waals surface area contributed by atoms with E-state index in [9.17, 15) is 19.8 Å². The van der Waals surface area contributed by atoms with Crippen molar-refractivity contribution in [1.82, 2.24) is 0 Å². The second-order valence-corrected chi connectivity index (χ2v) is 8.20. The van der Waals surface area contributed by atoms with Crippen LogP contribution in [0.5, 0.6) is 34.5 Å². The minimum atomic E-state index is -0.645. The number of aromatic hydroxyl groups is 2. The number of carbonyl (C=O) groups is 1. The zero-order chi connectivity index (χ0) is 25.6. The molecule has 184 valence electrons. The molecule has 1 aliphatic heterocycles. The van der Waals surface area contributed by atoms with Crippen molar-refractivity contribution in [3.8, 4) is 45.6 Å².